The first-order valence-corrected chi connectivity index (χ1v) is 9.27. The Morgan fingerprint density at radius 3 is 2.55 bits per heavy atom. The lowest BCUT2D eigenvalue weighted by Gasteiger charge is -2.43. The highest BCUT2D eigenvalue weighted by Gasteiger charge is 2.38. The van der Waals surface area contributed by atoms with E-state index in [2.05, 4.69) is 24.1 Å². The summed E-state index contributed by atoms with van der Waals surface area (Å²) >= 11 is 0. The summed E-state index contributed by atoms with van der Waals surface area (Å²) in [6.07, 6.45) is 11.7. The first-order chi connectivity index (χ1) is 9.79. The maximum absolute atomic E-state index is 3.84. The summed E-state index contributed by atoms with van der Waals surface area (Å²) in [4.78, 5) is 2.86. The monoisotopic (exact) mass is 278 g/mol. The van der Waals surface area contributed by atoms with Crippen molar-refractivity contribution in [3.8, 4) is 0 Å². The van der Waals surface area contributed by atoms with Crippen LogP contribution in [0, 0.1) is 17.8 Å². The molecule has 0 bridgehead atoms. The third-order valence-electron chi connectivity index (χ3n) is 6.63. The zero-order valence-electron chi connectivity index (χ0n) is 13.6. The summed E-state index contributed by atoms with van der Waals surface area (Å²) < 4.78 is 0. The van der Waals surface area contributed by atoms with Crippen LogP contribution in [0.25, 0.3) is 0 Å². The number of piperazine rings is 1. The highest BCUT2D eigenvalue weighted by atomic mass is 15.2. The first-order valence-electron chi connectivity index (χ1n) is 9.27. The largest absolute Gasteiger partial charge is 0.311 e. The van der Waals surface area contributed by atoms with E-state index in [-0.39, 0.29) is 0 Å². The minimum atomic E-state index is 0.789. The van der Waals surface area contributed by atoms with Crippen LogP contribution in [0.15, 0.2) is 0 Å². The molecule has 0 amide bonds. The van der Waals surface area contributed by atoms with E-state index in [0.29, 0.717) is 0 Å². The van der Waals surface area contributed by atoms with Crippen molar-refractivity contribution in [1.82, 2.24) is 10.2 Å². The number of rotatable bonds is 3. The second kappa shape index (κ2) is 6.79. The normalized spacial score (nSPS) is 41.1. The van der Waals surface area contributed by atoms with E-state index in [9.17, 15) is 0 Å². The molecular formula is C18H34N2. The summed E-state index contributed by atoms with van der Waals surface area (Å²) in [6, 6.07) is 1.67. The van der Waals surface area contributed by atoms with E-state index in [1.807, 2.05) is 0 Å². The molecule has 1 aliphatic heterocycles. The fourth-order valence-electron chi connectivity index (χ4n) is 5.27. The number of hydrogen-bond donors (Lipinski definition) is 1. The van der Waals surface area contributed by atoms with E-state index in [4.69, 9.17) is 0 Å². The van der Waals surface area contributed by atoms with Gasteiger partial charge in [-0.25, -0.2) is 0 Å². The van der Waals surface area contributed by atoms with Gasteiger partial charge in [0.1, 0.15) is 0 Å². The predicted octanol–water partition coefficient (Wildman–Crippen LogP) is 3.67. The zero-order chi connectivity index (χ0) is 13.9. The van der Waals surface area contributed by atoms with Gasteiger partial charge >= 0.3 is 0 Å². The lowest BCUT2D eigenvalue weighted by atomic mass is 9.82. The van der Waals surface area contributed by atoms with Crippen LogP contribution in [0.5, 0.6) is 0 Å². The molecule has 2 heteroatoms. The average Bonchev–Trinajstić information content (AvgIpc) is 2.89. The van der Waals surface area contributed by atoms with Gasteiger partial charge < -0.3 is 5.32 Å². The highest BCUT2D eigenvalue weighted by Crippen LogP contribution is 2.38. The maximum Gasteiger partial charge on any atom is 0.0223 e. The Bertz CT molecular complexity index is 298. The van der Waals surface area contributed by atoms with Crippen LogP contribution in [0.2, 0.25) is 0 Å². The Labute approximate surface area is 125 Å². The Morgan fingerprint density at radius 2 is 1.85 bits per heavy atom. The topological polar surface area (TPSA) is 15.3 Å². The molecule has 3 fully saturated rings. The van der Waals surface area contributed by atoms with E-state index >= 15 is 0 Å². The molecular weight excluding hydrogens is 244 g/mol. The van der Waals surface area contributed by atoms with Gasteiger partial charge in [0.25, 0.3) is 0 Å². The molecule has 1 heterocycles. The van der Waals surface area contributed by atoms with Gasteiger partial charge in [0.15, 0.2) is 0 Å². The third kappa shape index (κ3) is 3.06. The van der Waals surface area contributed by atoms with Crippen molar-refractivity contribution in [3.05, 3.63) is 0 Å². The van der Waals surface area contributed by atoms with Gasteiger partial charge in [0, 0.05) is 31.7 Å². The number of nitrogens with one attached hydrogen (secondary N) is 1. The molecule has 0 aromatic carbocycles. The molecule has 1 N–H and O–H groups in total. The Kier molecular flexibility index (Phi) is 5.04. The molecule has 116 valence electrons. The van der Waals surface area contributed by atoms with Crippen molar-refractivity contribution in [1.29, 1.82) is 0 Å². The fraction of sp³-hybridized carbons (Fsp3) is 1.00. The molecule has 3 aliphatic rings. The van der Waals surface area contributed by atoms with E-state index in [1.165, 1.54) is 71.0 Å². The van der Waals surface area contributed by atoms with E-state index in [0.717, 1.165) is 29.8 Å². The van der Waals surface area contributed by atoms with Crippen molar-refractivity contribution >= 4 is 0 Å². The molecule has 4 unspecified atom stereocenters. The van der Waals surface area contributed by atoms with Crippen molar-refractivity contribution in [3.63, 3.8) is 0 Å². The van der Waals surface area contributed by atoms with Crippen LogP contribution >= 0.6 is 0 Å². The van der Waals surface area contributed by atoms with Gasteiger partial charge in [-0.1, -0.05) is 39.5 Å². The van der Waals surface area contributed by atoms with Crippen LogP contribution in [0.4, 0.5) is 0 Å². The Balaban J connectivity index is 1.57. The van der Waals surface area contributed by atoms with Crippen LogP contribution < -0.4 is 5.32 Å². The van der Waals surface area contributed by atoms with Gasteiger partial charge in [-0.3, -0.25) is 4.90 Å². The van der Waals surface area contributed by atoms with Crippen LogP contribution in [-0.4, -0.2) is 36.6 Å². The van der Waals surface area contributed by atoms with Gasteiger partial charge in [-0.05, 0) is 43.4 Å². The number of hydrogen-bond acceptors (Lipinski definition) is 2. The van der Waals surface area contributed by atoms with E-state index in [1.54, 1.807) is 0 Å². The molecule has 4 atom stereocenters. The fourth-order valence-corrected chi connectivity index (χ4v) is 5.27. The van der Waals surface area contributed by atoms with Crippen molar-refractivity contribution in [2.75, 3.05) is 19.6 Å². The molecule has 2 saturated carbocycles. The van der Waals surface area contributed by atoms with Crippen molar-refractivity contribution in [2.45, 2.75) is 77.3 Å². The molecule has 3 rings (SSSR count). The van der Waals surface area contributed by atoms with Gasteiger partial charge in [0.05, 0.1) is 0 Å². The average molecular weight is 278 g/mol. The van der Waals surface area contributed by atoms with Crippen molar-refractivity contribution < 1.29 is 0 Å². The van der Waals surface area contributed by atoms with E-state index < -0.39 is 0 Å². The molecule has 0 radical (unpaired) electrons. The lowest BCUT2D eigenvalue weighted by Crippen LogP contribution is -2.57. The highest BCUT2D eigenvalue weighted by molar-refractivity contribution is 4.93. The second-order valence-electron chi connectivity index (χ2n) is 7.63. The number of nitrogens with zero attached hydrogens (tertiary/aromatic N) is 1. The Morgan fingerprint density at radius 1 is 1.05 bits per heavy atom. The maximum atomic E-state index is 3.84. The Hall–Kier alpha value is -0.0800. The lowest BCUT2D eigenvalue weighted by molar-refractivity contribution is 0.0873. The smallest absolute Gasteiger partial charge is 0.0223 e. The van der Waals surface area contributed by atoms with Gasteiger partial charge in [-0.15, -0.1) is 0 Å². The first kappa shape index (κ1) is 14.8. The molecule has 0 aromatic heterocycles. The van der Waals surface area contributed by atoms with Crippen molar-refractivity contribution in [2.24, 2.45) is 17.8 Å². The standard InChI is InChI=1S/C18H34N2/c1-3-15-9-10-18(14(15)2)20-12-11-19-17(13-20)16-7-5-4-6-8-16/h14-19H,3-13H2,1-2H3. The molecule has 0 aromatic rings. The molecule has 1 saturated heterocycles. The summed E-state index contributed by atoms with van der Waals surface area (Å²) in [5.74, 6) is 2.87. The molecule has 20 heavy (non-hydrogen) atoms. The predicted molar refractivity (Wildman–Crippen MR) is 85.9 cm³/mol. The van der Waals surface area contributed by atoms with Crippen LogP contribution in [0.3, 0.4) is 0 Å². The van der Waals surface area contributed by atoms with Crippen LogP contribution in [-0.2, 0) is 0 Å². The summed E-state index contributed by atoms with van der Waals surface area (Å²) in [6.45, 7) is 8.74. The summed E-state index contributed by atoms with van der Waals surface area (Å²) in [5.41, 5.74) is 0. The molecule has 2 nitrogen and oxygen atoms in total. The zero-order valence-corrected chi connectivity index (χ0v) is 13.6. The minimum absolute atomic E-state index is 0.789. The second-order valence-corrected chi connectivity index (χ2v) is 7.63. The van der Waals surface area contributed by atoms with Gasteiger partial charge in [0.2, 0.25) is 0 Å². The summed E-state index contributed by atoms with van der Waals surface area (Å²) in [7, 11) is 0. The molecule has 2 aliphatic carbocycles. The SMILES string of the molecule is CCC1CCC(N2CCNC(C3CCCCC3)C2)C1C. The minimum Gasteiger partial charge on any atom is -0.311 e. The van der Waals surface area contributed by atoms with Crippen LogP contribution in [0.1, 0.15) is 65.2 Å². The summed E-state index contributed by atoms with van der Waals surface area (Å²) in [5, 5.41) is 3.84. The van der Waals surface area contributed by atoms with Gasteiger partial charge in [-0.2, -0.15) is 0 Å². The third-order valence-corrected chi connectivity index (χ3v) is 6.63. The molecule has 0 spiro atoms. The quantitative estimate of drug-likeness (QED) is 0.847.